The van der Waals surface area contributed by atoms with Gasteiger partial charge in [-0.05, 0) is 35.9 Å². The molecule has 1 heterocycles. The standard InChI is InChI=1S/C15H13NO2/c1-18-15(17)13-6-4-5-12(11-13)8-9-14-7-2-3-10-16-14/h2-11H,1H3/b9-8-. The molecule has 0 aliphatic carbocycles. The smallest absolute Gasteiger partial charge is 0.337 e. The summed E-state index contributed by atoms with van der Waals surface area (Å²) in [5, 5.41) is 0. The Morgan fingerprint density at radius 2 is 2.06 bits per heavy atom. The highest BCUT2D eigenvalue weighted by Crippen LogP contribution is 2.10. The molecule has 0 saturated heterocycles. The SMILES string of the molecule is COC(=O)c1cccc(/C=C\c2ccccn2)c1. The lowest BCUT2D eigenvalue weighted by Crippen LogP contribution is -2.00. The summed E-state index contributed by atoms with van der Waals surface area (Å²) < 4.78 is 4.68. The molecule has 3 nitrogen and oxygen atoms in total. The lowest BCUT2D eigenvalue weighted by Gasteiger charge is -2.00. The van der Waals surface area contributed by atoms with E-state index in [1.807, 2.05) is 42.5 Å². The maximum absolute atomic E-state index is 11.4. The Morgan fingerprint density at radius 1 is 1.17 bits per heavy atom. The molecule has 90 valence electrons. The number of carbonyl (C=O) groups is 1. The van der Waals surface area contributed by atoms with Crippen LogP contribution >= 0.6 is 0 Å². The molecule has 0 bridgehead atoms. The highest BCUT2D eigenvalue weighted by Gasteiger charge is 2.03. The molecule has 0 N–H and O–H groups in total. The van der Waals surface area contributed by atoms with Crippen molar-refractivity contribution in [1.82, 2.24) is 4.98 Å². The van der Waals surface area contributed by atoms with Crippen molar-refractivity contribution in [2.24, 2.45) is 0 Å². The summed E-state index contributed by atoms with van der Waals surface area (Å²) in [6, 6.07) is 13.0. The Labute approximate surface area is 106 Å². The highest BCUT2D eigenvalue weighted by molar-refractivity contribution is 5.90. The molecule has 0 saturated carbocycles. The number of esters is 1. The zero-order chi connectivity index (χ0) is 12.8. The second kappa shape index (κ2) is 5.77. The van der Waals surface area contributed by atoms with E-state index in [-0.39, 0.29) is 5.97 Å². The van der Waals surface area contributed by atoms with Crippen LogP contribution in [0.1, 0.15) is 21.6 Å². The average Bonchev–Trinajstić information content (AvgIpc) is 2.45. The molecule has 0 atom stereocenters. The summed E-state index contributed by atoms with van der Waals surface area (Å²) in [4.78, 5) is 15.6. The van der Waals surface area contributed by atoms with Gasteiger partial charge in [0.15, 0.2) is 0 Å². The Kier molecular flexibility index (Phi) is 3.86. The van der Waals surface area contributed by atoms with Crippen LogP contribution in [0.3, 0.4) is 0 Å². The third-order valence-electron chi connectivity index (χ3n) is 2.44. The lowest BCUT2D eigenvalue weighted by atomic mass is 10.1. The van der Waals surface area contributed by atoms with Crippen molar-refractivity contribution in [3.05, 3.63) is 65.5 Å². The van der Waals surface area contributed by atoms with Gasteiger partial charge < -0.3 is 4.74 Å². The first kappa shape index (κ1) is 12.0. The minimum atomic E-state index is -0.330. The molecule has 0 unspecified atom stereocenters. The molecule has 0 aliphatic rings. The number of aromatic nitrogens is 1. The summed E-state index contributed by atoms with van der Waals surface area (Å²) in [5.74, 6) is -0.330. The quantitative estimate of drug-likeness (QED) is 0.773. The normalized spacial score (nSPS) is 10.5. The van der Waals surface area contributed by atoms with E-state index in [9.17, 15) is 4.79 Å². The van der Waals surface area contributed by atoms with Crippen LogP contribution in [0.25, 0.3) is 12.2 Å². The summed E-state index contributed by atoms with van der Waals surface area (Å²) in [5.41, 5.74) is 2.35. The van der Waals surface area contributed by atoms with Gasteiger partial charge in [0.25, 0.3) is 0 Å². The van der Waals surface area contributed by atoms with E-state index in [1.54, 1.807) is 18.3 Å². The number of ether oxygens (including phenoxy) is 1. The molecule has 0 amide bonds. The number of methoxy groups -OCH3 is 1. The molecule has 0 aliphatic heterocycles. The van der Waals surface area contributed by atoms with Crippen molar-refractivity contribution in [2.75, 3.05) is 7.11 Å². The molecule has 3 heteroatoms. The van der Waals surface area contributed by atoms with E-state index in [2.05, 4.69) is 9.72 Å². The first-order chi connectivity index (χ1) is 8.79. The van der Waals surface area contributed by atoms with Gasteiger partial charge in [-0.2, -0.15) is 0 Å². The molecule has 1 aromatic carbocycles. The van der Waals surface area contributed by atoms with Gasteiger partial charge in [0.05, 0.1) is 18.4 Å². The predicted molar refractivity (Wildman–Crippen MR) is 70.9 cm³/mol. The second-order valence-electron chi connectivity index (χ2n) is 3.70. The summed E-state index contributed by atoms with van der Waals surface area (Å²) in [6.45, 7) is 0. The van der Waals surface area contributed by atoms with Gasteiger partial charge in [0.2, 0.25) is 0 Å². The predicted octanol–water partition coefficient (Wildman–Crippen LogP) is 3.04. The fourth-order valence-electron chi connectivity index (χ4n) is 1.54. The van der Waals surface area contributed by atoms with Crippen molar-refractivity contribution >= 4 is 18.1 Å². The van der Waals surface area contributed by atoms with Gasteiger partial charge in [-0.3, -0.25) is 4.98 Å². The number of pyridine rings is 1. The minimum absolute atomic E-state index is 0.330. The molecule has 2 aromatic rings. The molecule has 0 fully saturated rings. The summed E-state index contributed by atoms with van der Waals surface area (Å²) in [6.07, 6.45) is 5.55. The molecular weight excluding hydrogens is 226 g/mol. The maximum atomic E-state index is 11.4. The minimum Gasteiger partial charge on any atom is -0.465 e. The largest absolute Gasteiger partial charge is 0.465 e. The molecule has 2 rings (SSSR count). The van der Waals surface area contributed by atoms with Crippen LogP contribution in [-0.4, -0.2) is 18.1 Å². The molecule has 18 heavy (non-hydrogen) atoms. The van der Waals surface area contributed by atoms with Crippen LogP contribution in [0.2, 0.25) is 0 Å². The monoisotopic (exact) mass is 239 g/mol. The number of hydrogen-bond acceptors (Lipinski definition) is 3. The Hall–Kier alpha value is -2.42. The van der Waals surface area contributed by atoms with E-state index in [0.29, 0.717) is 5.56 Å². The van der Waals surface area contributed by atoms with Gasteiger partial charge >= 0.3 is 5.97 Å². The zero-order valence-electron chi connectivity index (χ0n) is 10.0. The lowest BCUT2D eigenvalue weighted by molar-refractivity contribution is 0.0600. The Morgan fingerprint density at radius 3 is 2.78 bits per heavy atom. The van der Waals surface area contributed by atoms with Gasteiger partial charge in [-0.15, -0.1) is 0 Å². The molecule has 0 spiro atoms. The topological polar surface area (TPSA) is 39.2 Å². The van der Waals surface area contributed by atoms with Gasteiger partial charge in [-0.1, -0.05) is 24.3 Å². The van der Waals surface area contributed by atoms with Crippen LogP contribution in [0, 0.1) is 0 Å². The van der Waals surface area contributed by atoms with Crippen molar-refractivity contribution in [3.63, 3.8) is 0 Å². The number of rotatable bonds is 3. The maximum Gasteiger partial charge on any atom is 0.337 e. The fourth-order valence-corrected chi connectivity index (χ4v) is 1.54. The van der Waals surface area contributed by atoms with Crippen molar-refractivity contribution in [3.8, 4) is 0 Å². The first-order valence-corrected chi connectivity index (χ1v) is 5.57. The fraction of sp³-hybridized carbons (Fsp3) is 0.0667. The molecule has 0 radical (unpaired) electrons. The number of hydrogen-bond donors (Lipinski definition) is 0. The van der Waals surface area contributed by atoms with Gasteiger partial charge in [0.1, 0.15) is 0 Å². The van der Waals surface area contributed by atoms with Gasteiger partial charge in [0, 0.05) is 6.20 Å². The van der Waals surface area contributed by atoms with Crippen molar-refractivity contribution in [2.45, 2.75) is 0 Å². The van der Waals surface area contributed by atoms with E-state index in [4.69, 9.17) is 0 Å². The van der Waals surface area contributed by atoms with E-state index >= 15 is 0 Å². The van der Waals surface area contributed by atoms with Crippen LogP contribution in [-0.2, 0) is 4.74 Å². The van der Waals surface area contributed by atoms with Crippen LogP contribution in [0.5, 0.6) is 0 Å². The van der Waals surface area contributed by atoms with E-state index < -0.39 is 0 Å². The second-order valence-corrected chi connectivity index (χ2v) is 3.70. The number of nitrogens with zero attached hydrogens (tertiary/aromatic N) is 1. The van der Waals surface area contributed by atoms with Crippen molar-refractivity contribution in [1.29, 1.82) is 0 Å². The average molecular weight is 239 g/mol. The third kappa shape index (κ3) is 3.04. The van der Waals surface area contributed by atoms with Crippen molar-refractivity contribution < 1.29 is 9.53 Å². The number of carbonyl (C=O) groups excluding carboxylic acids is 1. The third-order valence-corrected chi connectivity index (χ3v) is 2.44. The van der Waals surface area contributed by atoms with Crippen LogP contribution in [0.15, 0.2) is 48.7 Å². The number of benzene rings is 1. The first-order valence-electron chi connectivity index (χ1n) is 5.57. The van der Waals surface area contributed by atoms with E-state index in [1.165, 1.54) is 7.11 Å². The zero-order valence-corrected chi connectivity index (χ0v) is 10.0. The molecular formula is C15H13NO2. The Bertz CT molecular complexity index is 562. The summed E-state index contributed by atoms with van der Waals surface area (Å²) >= 11 is 0. The van der Waals surface area contributed by atoms with Crippen LogP contribution < -0.4 is 0 Å². The van der Waals surface area contributed by atoms with Gasteiger partial charge in [-0.25, -0.2) is 4.79 Å². The molecule has 1 aromatic heterocycles. The van der Waals surface area contributed by atoms with Crippen LogP contribution in [0.4, 0.5) is 0 Å². The van der Waals surface area contributed by atoms with E-state index in [0.717, 1.165) is 11.3 Å². The Balaban J connectivity index is 2.20. The highest BCUT2D eigenvalue weighted by atomic mass is 16.5. The summed E-state index contributed by atoms with van der Waals surface area (Å²) in [7, 11) is 1.37.